The van der Waals surface area contributed by atoms with Gasteiger partial charge in [0, 0.05) is 5.92 Å². The molecular formula is C17H24O3. The third-order valence-corrected chi connectivity index (χ3v) is 4.01. The number of carbonyl (C=O) groups is 1. The third-order valence-electron chi connectivity index (χ3n) is 4.01. The topological polar surface area (TPSA) is 35.5 Å². The van der Waals surface area contributed by atoms with Gasteiger partial charge in [-0.1, -0.05) is 25.5 Å². The SMILES string of the molecule is CCCC1OC(=O)CC1CCCc1ccc(OC)cc1. The van der Waals surface area contributed by atoms with E-state index in [-0.39, 0.29) is 12.1 Å². The molecule has 1 aliphatic rings. The summed E-state index contributed by atoms with van der Waals surface area (Å²) < 4.78 is 10.5. The van der Waals surface area contributed by atoms with Gasteiger partial charge in [0.1, 0.15) is 11.9 Å². The highest BCUT2D eigenvalue weighted by Crippen LogP contribution is 2.30. The van der Waals surface area contributed by atoms with E-state index >= 15 is 0 Å². The van der Waals surface area contributed by atoms with Crippen molar-refractivity contribution in [1.29, 1.82) is 0 Å². The molecule has 0 aromatic heterocycles. The van der Waals surface area contributed by atoms with Gasteiger partial charge in [-0.3, -0.25) is 4.79 Å². The van der Waals surface area contributed by atoms with Crippen LogP contribution in [0.2, 0.25) is 0 Å². The standard InChI is InChI=1S/C17H24O3/c1-3-5-16-14(12-17(18)20-16)7-4-6-13-8-10-15(19-2)11-9-13/h8-11,14,16H,3-7,12H2,1-2H3. The van der Waals surface area contributed by atoms with Crippen LogP contribution in [0.3, 0.4) is 0 Å². The first-order chi connectivity index (χ1) is 9.72. The summed E-state index contributed by atoms with van der Waals surface area (Å²) in [7, 11) is 1.68. The van der Waals surface area contributed by atoms with Gasteiger partial charge in [0.15, 0.2) is 0 Å². The summed E-state index contributed by atoms with van der Waals surface area (Å²) in [5, 5.41) is 0. The van der Waals surface area contributed by atoms with Crippen molar-refractivity contribution in [3.8, 4) is 5.75 Å². The van der Waals surface area contributed by atoms with Crippen molar-refractivity contribution in [3.63, 3.8) is 0 Å². The molecule has 20 heavy (non-hydrogen) atoms. The van der Waals surface area contributed by atoms with Gasteiger partial charge in [0.2, 0.25) is 0 Å². The van der Waals surface area contributed by atoms with Gasteiger partial charge in [0.25, 0.3) is 0 Å². The summed E-state index contributed by atoms with van der Waals surface area (Å²) in [6.45, 7) is 2.14. The minimum absolute atomic E-state index is 0.0158. The van der Waals surface area contributed by atoms with Crippen molar-refractivity contribution in [2.45, 2.75) is 51.6 Å². The number of benzene rings is 1. The van der Waals surface area contributed by atoms with Crippen molar-refractivity contribution in [3.05, 3.63) is 29.8 Å². The second-order valence-corrected chi connectivity index (χ2v) is 5.52. The molecule has 1 saturated heterocycles. The van der Waals surface area contributed by atoms with Crippen molar-refractivity contribution >= 4 is 5.97 Å². The fourth-order valence-corrected chi connectivity index (χ4v) is 2.89. The Labute approximate surface area is 121 Å². The summed E-state index contributed by atoms with van der Waals surface area (Å²) in [6.07, 6.45) is 6.06. The lowest BCUT2D eigenvalue weighted by atomic mass is 9.91. The molecule has 0 spiro atoms. The second-order valence-electron chi connectivity index (χ2n) is 5.52. The van der Waals surface area contributed by atoms with Crippen LogP contribution >= 0.6 is 0 Å². The Bertz CT molecular complexity index is 424. The Morgan fingerprint density at radius 2 is 2.00 bits per heavy atom. The summed E-state index contributed by atoms with van der Waals surface area (Å²) in [5.74, 6) is 1.30. The van der Waals surface area contributed by atoms with Crippen LogP contribution in [0.1, 0.15) is 44.6 Å². The second kappa shape index (κ2) is 7.32. The number of carbonyl (C=O) groups excluding carboxylic acids is 1. The lowest BCUT2D eigenvalue weighted by Crippen LogP contribution is -2.15. The molecule has 1 aromatic rings. The molecule has 1 aliphatic heterocycles. The van der Waals surface area contributed by atoms with Gasteiger partial charge >= 0.3 is 5.97 Å². The molecule has 1 heterocycles. The molecule has 0 bridgehead atoms. The van der Waals surface area contributed by atoms with E-state index in [0.29, 0.717) is 12.3 Å². The van der Waals surface area contributed by atoms with Crippen molar-refractivity contribution < 1.29 is 14.3 Å². The monoisotopic (exact) mass is 276 g/mol. The third kappa shape index (κ3) is 3.99. The number of hydrogen-bond acceptors (Lipinski definition) is 3. The molecule has 110 valence electrons. The van der Waals surface area contributed by atoms with Crippen LogP contribution in [0, 0.1) is 5.92 Å². The van der Waals surface area contributed by atoms with Crippen LogP contribution in [0.15, 0.2) is 24.3 Å². The molecular weight excluding hydrogens is 252 g/mol. The molecule has 0 aliphatic carbocycles. The van der Waals surface area contributed by atoms with Crippen LogP contribution in [0.25, 0.3) is 0 Å². The lowest BCUT2D eigenvalue weighted by Gasteiger charge is -2.16. The first kappa shape index (κ1) is 14.9. The molecule has 1 fully saturated rings. The van der Waals surface area contributed by atoms with E-state index in [1.165, 1.54) is 5.56 Å². The van der Waals surface area contributed by atoms with Gasteiger partial charge < -0.3 is 9.47 Å². The van der Waals surface area contributed by atoms with E-state index in [0.717, 1.165) is 37.9 Å². The molecule has 0 amide bonds. The van der Waals surface area contributed by atoms with Gasteiger partial charge in [-0.15, -0.1) is 0 Å². The predicted molar refractivity (Wildman–Crippen MR) is 78.8 cm³/mol. The molecule has 0 saturated carbocycles. The number of rotatable bonds is 7. The Morgan fingerprint density at radius 1 is 1.25 bits per heavy atom. The van der Waals surface area contributed by atoms with Crippen molar-refractivity contribution in [1.82, 2.24) is 0 Å². The first-order valence-corrected chi connectivity index (χ1v) is 7.55. The molecule has 2 unspecified atom stereocenters. The molecule has 3 heteroatoms. The fraction of sp³-hybridized carbons (Fsp3) is 0.588. The fourth-order valence-electron chi connectivity index (χ4n) is 2.89. The maximum absolute atomic E-state index is 11.4. The highest BCUT2D eigenvalue weighted by molar-refractivity contribution is 5.72. The molecule has 1 aromatic carbocycles. The van der Waals surface area contributed by atoms with Crippen LogP contribution < -0.4 is 4.74 Å². The van der Waals surface area contributed by atoms with E-state index < -0.39 is 0 Å². The summed E-state index contributed by atoms with van der Waals surface area (Å²) >= 11 is 0. The van der Waals surface area contributed by atoms with Crippen LogP contribution in [0.4, 0.5) is 0 Å². The van der Waals surface area contributed by atoms with E-state index in [9.17, 15) is 4.79 Å². The molecule has 0 radical (unpaired) electrons. The number of hydrogen-bond donors (Lipinski definition) is 0. The average Bonchev–Trinajstić information content (AvgIpc) is 2.80. The van der Waals surface area contributed by atoms with Crippen LogP contribution in [0.5, 0.6) is 5.75 Å². The molecule has 2 atom stereocenters. The number of aryl methyl sites for hydroxylation is 1. The van der Waals surface area contributed by atoms with E-state index in [4.69, 9.17) is 9.47 Å². The highest BCUT2D eigenvalue weighted by atomic mass is 16.5. The molecule has 2 rings (SSSR count). The zero-order valence-electron chi connectivity index (χ0n) is 12.4. The van der Waals surface area contributed by atoms with E-state index in [2.05, 4.69) is 19.1 Å². The Kier molecular flexibility index (Phi) is 5.45. The van der Waals surface area contributed by atoms with Crippen molar-refractivity contribution in [2.24, 2.45) is 5.92 Å². The Balaban J connectivity index is 1.78. The minimum atomic E-state index is -0.0158. The van der Waals surface area contributed by atoms with E-state index in [1.54, 1.807) is 7.11 Å². The minimum Gasteiger partial charge on any atom is -0.497 e. The van der Waals surface area contributed by atoms with Crippen LogP contribution in [-0.4, -0.2) is 19.2 Å². The predicted octanol–water partition coefficient (Wildman–Crippen LogP) is 3.75. The van der Waals surface area contributed by atoms with Crippen molar-refractivity contribution in [2.75, 3.05) is 7.11 Å². The average molecular weight is 276 g/mol. The first-order valence-electron chi connectivity index (χ1n) is 7.55. The number of cyclic esters (lactones) is 1. The van der Waals surface area contributed by atoms with Gasteiger partial charge in [0.05, 0.1) is 13.5 Å². The van der Waals surface area contributed by atoms with Gasteiger partial charge in [-0.05, 0) is 43.4 Å². The zero-order valence-corrected chi connectivity index (χ0v) is 12.4. The number of esters is 1. The summed E-state index contributed by atoms with van der Waals surface area (Å²) in [6, 6.07) is 8.21. The van der Waals surface area contributed by atoms with Gasteiger partial charge in [-0.25, -0.2) is 0 Å². The number of methoxy groups -OCH3 is 1. The molecule has 3 nitrogen and oxygen atoms in total. The Hall–Kier alpha value is -1.51. The van der Waals surface area contributed by atoms with Crippen LogP contribution in [-0.2, 0) is 16.0 Å². The smallest absolute Gasteiger partial charge is 0.306 e. The van der Waals surface area contributed by atoms with Gasteiger partial charge in [-0.2, -0.15) is 0 Å². The lowest BCUT2D eigenvalue weighted by molar-refractivity contribution is -0.141. The molecule has 0 N–H and O–H groups in total. The quantitative estimate of drug-likeness (QED) is 0.711. The highest BCUT2D eigenvalue weighted by Gasteiger charge is 2.33. The zero-order chi connectivity index (χ0) is 14.4. The maximum Gasteiger partial charge on any atom is 0.306 e. The van der Waals surface area contributed by atoms with E-state index in [1.807, 2.05) is 12.1 Å². The largest absolute Gasteiger partial charge is 0.497 e. The summed E-state index contributed by atoms with van der Waals surface area (Å²) in [5.41, 5.74) is 1.32. The Morgan fingerprint density at radius 3 is 2.65 bits per heavy atom. The summed E-state index contributed by atoms with van der Waals surface area (Å²) in [4.78, 5) is 11.4. The maximum atomic E-state index is 11.4. The number of ether oxygens (including phenoxy) is 2. The normalized spacial score (nSPS) is 21.8.